The minimum absolute atomic E-state index is 0.309. The number of ketones is 2. The summed E-state index contributed by atoms with van der Waals surface area (Å²) >= 11 is 0. The summed E-state index contributed by atoms with van der Waals surface area (Å²) in [6.07, 6.45) is 11.8. The molecule has 0 amide bonds. The van der Waals surface area contributed by atoms with Crippen LogP contribution >= 0.6 is 0 Å². The summed E-state index contributed by atoms with van der Waals surface area (Å²) in [5.41, 5.74) is 1.08. The largest absolute Gasteiger partial charge is 0.465 e. The molecule has 148 valence electrons. The highest BCUT2D eigenvalue weighted by molar-refractivity contribution is 6.09. The van der Waals surface area contributed by atoms with Gasteiger partial charge in [0.05, 0.1) is 12.2 Å². The fraction of sp³-hybridized carbons (Fsp3) is 0.435. The lowest BCUT2D eigenvalue weighted by molar-refractivity contribution is -0.156. The van der Waals surface area contributed by atoms with E-state index >= 15 is 0 Å². The SMILES string of the molecule is CC[C@H](C)/C=C(C)/C=C/C1=CC2=CC(=O)[C@]3(C)OC(=O)[C@H](C(C)=O)[C@H]3C2=CO1. The molecule has 1 fully saturated rings. The average molecular weight is 382 g/mol. The van der Waals surface area contributed by atoms with Crippen LogP contribution in [0.5, 0.6) is 0 Å². The molecule has 5 nitrogen and oxygen atoms in total. The van der Waals surface area contributed by atoms with Crippen molar-refractivity contribution in [1.82, 2.24) is 0 Å². The Morgan fingerprint density at radius 2 is 2.00 bits per heavy atom. The van der Waals surface area contributed by atoms with E-state index in [1.54, 1.807) is 13.0 Å². The Bertz CT molecular complexity index is 883. The number of fused-ring (bicyclic) bond motifs is 3. The van der Waals surface area contributed by atoms with Crippen LogP contribution in [0.1, 0.15) is 41.0 Å². The molecule has 0 aromatic heterocycles. The summed E-state index contributed by atoms with van der Waals surface area (Å²) in [6, 6.07) is 0. The fourth-order valence-corrected chi connectivity index (χ4v) is 3.93. The van der Waals surface area contributed by atoms with E-state index in [9.17, 15) is 14.4 Å². The highest BCUT2D eigenvalue weighted by Crippen LogP contribution is 2.49. The molecule has 1 saturated heterocycles. The minimum atomic E-state index is -1.36. The third-order valence-electron chi connectivity index (χ3n) is 5.70. The molecule has 0 bridgehead atoms. The molecule has 0 radical (unpaired) electrons. The van der Waals surface area contributed by atoms with Crippen molar-refractivity contribution in [3.63, 3.8) is 0 Å². The molecule has 0 unspecified atom stereocenters. The van der Waals surface area contributed by atoms with Gasteiger partial charge >= 0.3 is 5.97 Å². The second-order valence-electron chi connectivity index (χ2n) is 7.93. The summed E-state index contributed by atoms with van der Waals surface area (Å²) in [7, 11) is 0. The molecule has 0 spiro atoms. The van der Waals surface area contributed by atoms with E-state index in [0.717, 1.165) is 12.0 Å². The zero-order valence-corrected chi connectivity index (χ0v) is 16.9. The van der Waals surface area contributed by atoms with Crippen LogP contribution in [0, 0.1) is 17.8 Å². The van der Waals surface area contributed by atoms with Crippen molar-refractivity contribution < 1.29 is 23.9 Å². The number of Topliss-reactive ketones (excluding diaryl/α,β-unsaturated/α-hetero) is 1. The Kier molecular flexibility index (Phi) is 5.28. The molecule has 28 heavy (non-hydrogen) atoms. The lowest BCUT2D eigenvalue weighted by Gasteiger charge is -2.35. The van der Waals surface area contributed by atoms with Crippen molar-refractivity contribution in [2.45, 2.75) is 46.6 Å². The number of hydrogen-bond acceptors (Lipinski definition) is 5. The van der Waals surface area contributed by atoms with Gasteiger partial charge in [0, 0.05) is 5.57 Å². The van der Waals surface area contributed by atoms with Gasteiger partial charge in [0.1, 0.15) is 17.5 Å². The van der Waals surface area contributed by atoms with Gasteiger partial charge in [-0.3, -0.25) is 14.4 Å². The molecule has 1 aliphatic carbocycles. The summed E-state index contributed by atoms with van der Waals surface area (Å²) in [6.45, 7) is 9.25. The number of esters is 1. The normalized spacial score (nSPS) is 30.6. The molecule has 2 heterocycles. The van der Waals surface area contributed by atoms with Crippen LogP contribution in [0.2, 0.25) is 0 Å². The fourth-order valence-electron chi connectivity index (χ4n) is 3.93. The van der Waals surface area contributed by atoms with Gasteiger partial charge in [0.25, 0.3) is 0 Å². The highest BCUT2D eigenvalue weighted by atomic mass is 16.6. The van der Waals surface area contributed by atoms with Gasteiger partial charge in [-0.05, 0) is 50.5 Å². The van der Waals surface area contributed by atoms with Gasteiger partial charge in [0.2, 0.25) is 0 Å². The summed E-state index contributed by atoms with van der Waals surface area (Å²) in [5, 5.41) is 0. The summed E-state index contributed by atoms with van der Waals surface area (Å²) < 4.78 is 11.1. The standard InChI is InChI=1S/C23H26O5/c1-6-13(2)9-14(3)7-8-17-10-16-11-19(25)23(5)21(18(16)12-27-17)20(15(4)24)22(26)28-23/h7-13,20-21H,6H2,1-5H3/b8-7+,14-9+/t13-,20+,21+,23-/m0/s1. The molecule has 4 atom stereocenters. The van der Waals surface area contributed by atoms with Crippen LogP contribution < -0.4 is 0 Å². The number of rotatable bonds is 5. The van der Waals surface area contributed by atoms with E-state index in [1.807, 2.05) is 19.1 Å². The van der Waals surface area contributed by atoms with E-state index in [0.29, 0.717) is 22.8 Å². The van der Waals surface area contributed by atoms with Gasteiger partial charge in [-0.2, -0.15) is 0 Å². The van der Waals surface area contributed by atoms with E-state index in [1.165, 1.54) is 19.3 Å². The Labute approximate surface area is 165 Å². The molecule has 0 saturated carbocycles. The minimum Gasteiger partial charge on any atom is -0.465 e. The van der Waals surface area contributed by atoms with Crippen LogP contribution in [0.25, 0.3) is 0 Å². The molecule has 2 aliphatic heterocycles. The van der Waals surface area contributed by atoms with Crippen molar-refractivity contribution in [1.29, 1.82) is 0 Å². The van der Waals surface area contributed by atoms with Gasteiger partial charge < -0.3 is 9.47 Å². The van der Waals surface area contributed by atoms with Gasteiger partial charge in [-0.25, -0.2) is 0 Å². The monoisotopic (exact) mass is 382 g/mol. The second kappa shape index (κ2) is 7.38. The molecule has 0 aromatic carbocycles. The average Bonchev–Trinajstić information content (AvgIpc) is 2.92. The molecule has 3 rings (SSSR count). The molecular formula is C23H26O5. The Hall–Kier alpha value is -2.69. The third-order valence-corrected chi connectivity index (χ3v) is 5.70. The number of carbonyl (C=O) groups is 3. The van der Waals surface area contributed by atoms with Crippen molar-refractivity contribution >= 4 is 17.5 Å². The lowest BCUT2D eigenvalue weighted by atomic mass is 9.68. The second-order valence-corrected chi connectivity index (χ2v) is 7.93. The van der Waals surface area contributed by atoms with Crippen LogP contribution in [0.3, 0.4) is 0 Å². The van der Waals surface area contributed by atoms with E-state index in [-0.39, 0.29) is 11.6 Å². The smallest absolute Gasteiger partial charge is 0.318 e. The predicted octanol–water partition coefficient (Wildman–Crippen LogP) is 3.98. The van der Waals surface area contributed by atoms with E-state index in [2.05, 4.69) is 19.9 Å². The Morgan fingerprint density at radius 3 is 2.64 bits per heavy atom. The third kappa shape index (κ3) is 3.41. The number of hydrogen-bond donors (Lipinski definition) is 0. The van der Waals surface area contributed by atoms with Gasteiger partial charge in [-0.1, -0.05) is 38.0 Å². The maximum absolute atomic E-state index is 12.7. The zero-order valence-electron chi connectivity index (χ0n) is 16.9. The van der Waals surface area contributed by atoms with Crippen LogP contribution in [0.15, 0.2) is 59.1 Å². The molecule has 5 heteroatoms. The number of ether oxygens (including phenoxy) is 2. The quantitative estimate of drug-likeness (QED) is 0.409. The van der Waals surface area contributed by atoms with Crippen LogP contribution in [-0.2, 0) is 23.9 Å². The highest BCUT2D eigenvalue weighted by Gasteiger charge is 2.61. The van der Waals surface area contributed by atoms with Crippen molar-refractivity contribution in [2.75, 3.05) is 0 Å². The summed E-state index contributed by atoms with van der Waals surface area (Å²) in [5.74, 6) is -1.84. The number of carbonyl (C=O) groups excluding carboxylic acids is 3. The van der Waals surface area contributed by atoms with E-state index < -0.39 is 23.4 Å². The first-order valence-corrected chi connectivity index (χ1v) is 9.62. The molecule has 0 aromatic rings. The lowest BCUT2D eigenvalue weighted by Crippen LogP contribution is -2.46. The molecule has 0 N–H and O–H groups in total. The van der Waals surface area contributed by atoms with E-state index in [4.69, 9.17) is 9.47 Å². The maximum Gasteiger partial charge on any atom is 0.318 e. The van der Waals surface area contributed by atoms with Crippen molar-refractivity contribution in [3.8, 4) is 0 Å². The first-order chi connectivity index (χ1) is 13.2. The Morgan fingerprint density at radius 1 is 1.29 bits per heavy atom. The van der Waals surface area contributed by atoms with Gasteiger partial charge in [0.15, 0.2) is 11.4 Å². The first-order valence-electron chi connectivity index (χ1n) is 9.62. The van der Waals surface area contributed by atoms with Crippen molar-refractivity contribution in [3.05, 3.63) is 59.1 Å². The predicted molar refractivity (Wildman–Crippen MR) is 105 cm³/mol. The topological polar surface area (TPSA) is 69.7 Å². The maximum atomic E-state index is 12.7. The first kappa shape index (κ1) is 20.1. The Balaban J connectivity index is 1.91. The van der Waals surface area contributed by atoms with Crippen LogP contribution in [-0.4, -0.2) is 23.1 Å². The molecular weight excluding hydrogens is 356 g/mol. The van der Waals surface area contributed by atoms with Gasteiger partial charge in [-0.15, -0.1) is 0 Å². The zero-order chi connectivity index (χ0) is 20.6. The molecule has 3 aliphatic rings. The van der Waals surface area contributed by atoms with Crippen molar-refractivity contribution in [2.24, 2.45) is 17.8 Å². The summed E-state index contributed by atoms with van der Waals surface area (Å²) in [4.78, 5) is 37.0. The van der Waals surface area contributed by atoms with Crippen LogP contribution in [0.4, 0.5) is 0 Å². The number of allylic oxidation sites excluding steroid dienone is 6.